The van der Waals surface area contributed by atoms with Crippen molar-refractivity contribution in [3.05, 3.63) is 23.5 Å². The first kappa shape index (κ1) is 15.3. The maximum Gasteiger partial charge on any atom is 0.355 e. The monoisotopic (exact) mass is 266 g/mol. The van der Waals surface area contributed by atoms with Gasteiger partial charge in [-0.3, -0.25) is 4.79 Å². The van der Waals surface area contributed by atoms with E-state index in [1.807, 2.05) is 26.8 Å². The summed E-state index contributed by atoms with van der Waals surface area (Å²) in [4.78, 5) is 25.6. The molecular formula is C14H22N2O3. The lowest BCUT2D eigenvalue weighted by molar-refractivity contribution is -0.132. The minimum atomic E-state index is -0.384. The Morgan fingerprint density at radius 2 is 2.05 bits per heavy atom. The number of aryl methyl sites for hydroxylation is 1. The summed E-state index contributed by atoms with van der Waals surface area (Å²) in [5.41, 5.74) is 1.27. The summed E-state index contributed by atoms with van der Waals surface area (Å²) in [5.74, 6) is -0.416. The van der Waals surface area contributed by atoms with E-state index in [1.165, 1.54) is 0 Å². The van der Waals surface area contributed by atoms with Crippen LogP contribution in [0.25, 0.3) is 0 Å². The van der Waals surface area contributed by atoms with Crippen LogP contribution in [0.4, 0.5) is 0 Å². The molecule has 19 heavy (non-hydrogen) atoms. The van der Waals surface area contributed by atoms with Gasteiger partial charge >= 0.3 is 5.97 Å². The molecular weight excluding hydrogens is 244 g/mol. The Balaban J connectivity index is 2.91. The lowest BCUT2D eigenvalue weighted by Crippen LogP contribution is -2.36. The molecule has 0 radical (unpaired) electrons. The molecule has 0 saturated carbocycles. The van der Waals surface area contributed by atoms with Crippen LogP contribution >= 0.6 is 0 Å². The first-order valence-electron chi connectivity index (χ1n) is 6.47. The summed E-state index contributed by atoms with van der Waals surface area (Å²) in [6.45, 7) is 7.97. The second-order valence-corrected chi connectivity index (χ2v) is 4.79. The highest BCUT2D eigenvalue weighted by molar-refractivity contribution is 5.90. The van der Waals surface area contributed by atoms with Gasteiger partial charge in [-0.25, -0.2) is 4.79 Å². The third-order valence-corrected chi connectivity index (χ3v) is 3.11. The predicted molar refractivity (Wildman–Crippen MR) is 73.0 cm³/mol. The first-order chi connectivity index (χ1) is 8.88. The highest BCUT2D eigenvalue weighted by Gasteiger charge is 2.19. The van der Waals surface area contributed by atoms with Gasteiger partial charge in [0.1, 0.15) is 12.2 Å². The third-order valence-electron chi connectivity index (χ3n) is 3.11. The number of carbonyl (C=O) groups is 2. The molecule has 0 aliphatic rings. The standard InChI is InChI=1S/C14H22N2O3/c1-6-19-14(18)13-11(4)7-8-16(13)9-12(17)15(5)10(2)3/h7-8,10H,6,9H2,1-5H3. The van der Waals surface area contributed by atoms with Gasteiger partial charge in [0.05, 0.1) is 6.61 Å². The van der Waals surface area contributed by atoms with Crippen LogP contribution in [0.15, 0.2) is 12.3 Å². The van der Waals surface area contributed by atoms with Gasteiger partial charge in [-0.2, -0.15) is 0 Å². The fraction of sp³-hybridized carbons (Fsp3) is 0.571. The van der Waals surface area contributed by atoms with Crippen LogP contribution < -0.4 is 0 Å². The van der Waals surface area contributed by atoms with Crippen LogP contribution in [0.5, 0.6) is 0 Å². The molecule has 5 heteroatoms. The molecule has 106 valence electrons. The van der Waals surface area contributed by atoms with Crippen molar-refractivity contribution in [3.63, 3.8) is 0 Å². The van der Waals surface area contributed by atoms with Crippen LogP contribution in [0.2, 0.25) is 0 Å². The van der Waals surface area contributed by atoms with E-state index in [0.717, 1.165) is 5.56 Å². The van der Waals surface area contributed by atoms with Crippen molar-refractivity contribution in [3.8, 4) is 0 Å². The molecule has 0 aliphatic heterocycles. The average Bonchev–Trinajstić information content (AvgIpc) is 2.69. The molecule has 0 aliphatic carbocycles. The number of hydrogen-bond donors (Lipinski definition) is 0. The van der Waals surface area contributed by atoms with Crippen molar-refractivity contribution < 1.29 is 14.3 Å². The zero-order chi connectivity index (χ0) is 14.6. The number of ether oxygens (including phenoxy) is 1. The number of carbonyl (C=O) groups excluding carboxylic acids is 2. The van der Waals surface area contributed by atoms with E-state index >= 15 is 0 Å². The summed E-state index contributed by atoms with van der Waals surface area (Å²) in [6.07, 6.45) is 1.74. The van der Waals surface area contributed by atoms with E-state index in [9.17, 15) is 9.59 Å². The summed E-state index contributed by atoms with van der Waals surface area (Å²) in [7, 11) is 1.76. The lowest BCUT2D eigenvalue weighted by Gasteiger charge is -2.22. The van der Waals surface area contributed by atoms with E-state index in [4.69, 9.17) is 4.74 Å². The van der Waals surface area contributed by atoms with Gasteiger partial charge in [-0.15, -0.1) is 0 Å². The Labute approximate surface area is 114 Å². The second kappa shape index (κ2) is 6.41. The maximum atomic E-state index is 12.0. The van der Waals surface area contributed by atoms with E-state index in [1.54, 1.807) is 29.6 Å². The summed E-state index contributed by atoms with van der Waals surface area (Å²) in [5, 5.41) is 0. The molecule has 1 aromatic heterocycles. The van der Waals surface area contributed by atoms with Crippen molar-refractivity contribution in [1.82, 2.24) is 9.47 Å². The Kier molecular flexibility index (Phi) is 5.15. The Morgan fingerprint density at radius 1 is 1.42 bits per heavy atom. The largest absolute Gasteiger partial charge is 0.461 e. The van der Waals surface area contributed by atoms with Crippen LogP contribution in [0.1, 0.15) is 36.8 Å². The fourth-order valence-electron chi connectivity index (χ4n) is 1.74. The quantitative estimate of drug-likeness (QED) is 0.764. The summed E-state index contributed by atoms with van der Waals surface area (Å²) >= 11 is 0. The first-order valence-corrected chi connectivity index (χ1v) is 6.47. The molecule has 1 rings (SSSR count). The van der Waals surface area contributed by atoms with Crippen LogP contribution in [-0.4, -0.2) is 41.0 Å². The van der Waals surface area contributed by atoms with Gasteiger partial charge < -0.3 is 14.2 Å². The molecule has 1 amide bonds. The highest BCUT2D eigenvalue weighted by Crippen LogP contribution is 2.12. The van der Waals surface area contributed by atoms with Crippen molar-refractivity contribution in [1.29, 1.82) is 0 Å². The Hall–Kier alpha value is -1.78. The number of nitrogens with zero attached hydrogens (tertiary/aromatic N) is 2. The van der Waals surface area contributed by atoms with Gasteiger partial charge in [0.15, 0.2) is 0 Å². The smallest absolute Gasteiger partial charge is 0.355 e. The number of aromatic nitrogens is 1. The minimum absolute atomic E-state index is 0.0313. The minimum Gasteiger partial charge on any atom is -0.461 e. The SMILES string of the molecule is CCOC(=O)c1c(C)ccn1CC(=O)N(C)C(C)C. The van der Waals surface area contributed by atoms with Crippen molar-refractivity contribution in [2.75, 3.05) is 13.7 Å². The molecule has 1 aromatic rings. The number of esters is 1. The van der Waals surface area contributed by atoms with Gasteiger partial charge in [-0.1, -0.05) is 0 Å². The molecule has 0 saturated heterocycles. The summed E-state index contributed by atoms with van der Waals surface area (Å²) in [6, 6.07) is 1.95. The molecule has 0 fully saturated rings. The Bertz CT molecular complexity index is 463. The van der Waals surface area contributed by atoms with Gasteiger partial charge in [0.2, 0.25) is 5.91 Å². The number of rotatable bonds is 5. The Morgan fingerprint density at radius 3 is 2.58 bits per heavy atom. The highest BCUT2D eigenvalue weighted by atomic mass is 16.5. The second-order valence-electron chi connectivity index (χ2n) is 4.79. The zero-order valence-corrected chi connectivity index (χ0v) is 12.3. The number of hydrogen-bond acceptors (Lipinski definition) is 3. The molecule has 0 unspecified atom stereocenters. The van der Waals surface area contributed by atoms with Gasteiger partial charge in [0, 0.05) is 19.3 Å². The van der Waals surface area contributed by atoms with Crippen molar-refractivity contribution >= 4 is 11.9 Å². The predicted octanol–water partition coefficient (Wildman–Crippen LogP) is 1.84. The zero-order valence-electron chi connectivity index (χ0n) is 12.3. The lowest BCUT2D eigenvalue weighted by atomic mass is 10.2. The molecule has 0 aromatic carbocycles. The van der Waals surface area contributed by atoms with Crippen LogP contribution in [0, 0.1) is 6.92 Å². The van der Waals surface area contributed by atoms with Gasteiger partial charge in [0.25, 0.3) is 0 Å². The van der Waals surface area contributed by atoms with E-state index in [-0.39, 0.29) is 24.5 Å². The average molecular weight is 266 g/mol. The molecule has 0 spiro atoms. The number of likely N-dealkylation sites (N-methyl/N-ethyl adjacent to an activating group) is 1. The molecule has 0 bridgehead atoms. The van der Waals surface area contributed by atoms with E-state index < -0.39 is 0 Å². The topological polar surface area (TPSA) is 51.5 Å². The van der Waals surface area contributed by atoms with Gasteiger partial charge in [-0.05, 0) is 39.3 Å². The maximum absolute atomic E-state index is 12.0. The normalized spacial score (nSPS) is 10.6. The molecule has 0 N–H and O–H groups in total. The molecule has 1 heterocycles. The van der Waals surface area contributed by atoms with E-state index in [0.29, 0.717) is 12.3 Å². The van der Waals surface area contributed by atoms with Crippen LogP contribution in [-0.2, 0) is 16.1 Å². The van der Waals surface area contributed by atoms with Crippen molar-refractivity contribution in [2.24, 2.45) is 0 Å². The summed E-state index contributed by atoms with van der Waals surface area (Å²) < 4.78 is 6.66. The van der Waals surface area contributed by atoms with Crippen molar-refractivity contribution in [2.45, 2.75) is 40.3 Å². The fourth-order valence-corrected chi connectivity index (χ4v) is 1.74. The third kappa shape index (κ3) is 3.59. The number of amides is 1. The molecule has 5 nitrogen and oxygen atoms in total. The van der Waals surface area contributed by atoms with E-state index in [2.05, 4.69) is 0 Å². The molecule has 0 atom stereocenters. The van der Waals surface area contributed by atoms with Crippen LogP contribution in [0.3, 0.4) is 0 Å².